The fourth-order valence-corrected chi connectivity index (χ4v) is 4.34. The quantitative estimate of drug-likeness (QED) is 0.565. The van der Waals surface area contributed by atoms with E-state index in [1.54, 1.807) is 9.80 Å². The maximum atomic E-state index is 6.24. The summed E-state index contributed by atoms with van der Waals surface area (Å²) in [6.07, 6.45) is 0. The van der Waals surface area contributed by atoms with E-state index < -0.39 is 0 Å². The predicted octanol–water partition coefficient (Wildman–Crippen LogP) is 1.17. The van der Waals surface area contributed by atoms with Crippen LogP contribution in [0.3, 0.4) is 0 Å². The minimum atomic E-state index is 0.197. The fraction of sp³-hybridized carbons (Fsp3) is 0.381. The zero-order chi connectivity index (χ0) is 19.2. The van der Waals surface area contributed by atoms with Crippen molar-refractivity contribution in [1.29, 1.82) is 0 Å². The largest absolute Gasteiger partial charge is 0.354 e. The molecule has 4 nitrogen and oxygen atoms in total. The highest BCUT2D eigenvalue weighted by Gasteiger charge is 2.33. The third-order valence-electron chi connectivity index (χ3n) is 5.33. The number of nitrogens with one attached hydrogen (secondary N) is 4. The lowest BCUT2D eigenvalue weighted by Gasteiger charge is -2.37. The Labute approximate surface area is 172 Å². The lowest BCUT2D eigenvalue weighted by molar-refractivity contribution is -1.02. The summed E-state index contributed by atoms with van der Waals surface area (Å²) in [7, 11) is 2.28. The number of likely N-dealkylation sites (N-methyl/N-ethyl adjacent to an activating group) is 1. The molecule has 1 saturated heterocycles. The van der Waals surface area contributed by atoms with E-state index in [-0.39, 0.29) is 6.04 Å². The Balaban J connectivity index is 1.71. The molecule has 0 aliphatic carbocycles. The van der Waals surface area contributed by atoms with E-state index in [0.29, 0.717) is 16.2 Å². The van der Waals surface area contributed by atoms with Crippen LogP contribution in [0.15, 0.2) is 54.6 Å². The maximum Gasteiger partial charge on any atom is 0.171 e. The highest BCUT2D eigenvalue weighted by molar-refractivity contribution is 7.80. The van der Waals surface area contributed by atoms with Gasteiger partial charge in [-0.2, -0.15) is 0 Å². The van der Waals surface area contributed by atoms with E-state index in [1.807, 2.05) is 24.3 Å². The zero-order valence-electron chi connectivity index (χ0n) is 16.0. The number of anilines is 1. The lowest BCUT2D eigenvalue weighted by atomic mass is 9.98. The van der Waals surface area contributed by atoms with Crippen LogP contribution in [0.1, 0.15) is 18.5 Å². The highest BCUT2D eigenvalue weighted by atomic mass is 35.5. The molecule has 3 rings (SSSR count). The second-order valence-corrected chi connectivity index (χ2v) is 8.19. The van der Waals surface area contributed by atoms with Gasteiger partial charge in [0.05, 0.1) is 23.8 Å². The topological polar surface area (TPSA) is 32.9 Å². The van der Waals surface area contributed by atoms with Gasteiger partial charge in [-0.25, -0.2) is 0 Å². The second kappa shape index (κ2) is 9.51. The number of para-hydroxylation sites is 1. The van der Waals surface area contributed by atoms with Gasteiger partial charge in [0.1, 0.15) is 32.2 Å². The van der Waals surface area contributed by atoms with Crippen molar-refractivity contribution in [3.05, 3.63) is 65.2 Å². The molecular formula is C21H29ClN4S+2. The average molecular weight is 405 g/mol. The molecule has 0 aromatic heterocycles. The van der Waals surface area contributed by atoms with E-state index in [2.05, 4.69) is 54.9 Å². The summed E-state index contributed by atoms with van der Waals surface area (Å²) < 4.78 is 0. The van der Waals surface area contributed by atoms with Gasteiger partial charge in [-0.15, -0.1) is 0 Å². The first-order valence-electron chi connectivity index (χ1n) is 9.57. The van der Waals surface area contributed by atoms with Gasteiger partial charge >= 0.3 is 0 Å². The molecule has 2 aromatic rings. The molecule has 1 aliphatic heterocycles. The molecule has 144 valence electrons. The first kappa shape index (κ1) is 20.1. The van der Waals surface area contributed by atoms with E-state index in [9.17, 15) is 0 Å². The highest BCUT2D eigenvalue weighted by Crippen LogP contribution is 2.20. The van der Waals surface area contributed by atoms with Crippen molar-refractivity contribution in [3.63, 3.8) is 0 Å². The Bertz CT molecular complexity index is 747. The van der Waals surface area contributed by atoms with Crippen molar-refractivity contribution in [2.24, 2.45) is 0 Å². The van der Waals surface area contributed by atoms with Crippen molar-refractivity contribution in [3.8, 4) is 0 Å². The van der Waals surface area contributed by atoms with Gasteiger partial charge in [0.15, 0.2) is 5.11 Å². The molecule has 1 aliphatic rings. The molecule has 2 aromatic carbocycles. The maximum absolute atomic E-state index is 6.24. The van der Waals surface area contributed by atoms with Gasteiger partial charge in [-0.1, -0.05) is 54.1 Å². The fourth-order valence-electron chi connectivity index (χ4n) is 3.86. The Morgan fingerprint density at radius 1 is 1.00 bits per heavy atom. The second-order valence-electron chi connectivity index (χ2n) is 7.37. The normalized spacial score (nSPS) is 21.9. The van der Waals surface area contributed by atoms with Crippen LogP contribution < -0.4 is 20.4 Å². The summed E-state index contributed by atoms with van der Waals surface area (Å²) in [5, 5.41) is 8.00. The number of benzene rings is 2. The SMILES string of the molecule is C[C@@H](NC(=S)Nc1ccccc1Cl)[C@@H](c1ccccc1)[NH+]1CC[NH+](C)CC1. The van der Waals surface area contributed by atoms with Crippen molar-refractivity contribution in [2.45, 2.75) is 19.0 Å². The molecule has 0 radical (unpaired) electrons. The molecule has 0 amide bonds. The smallest absolute Gasteiger partial charge is 0.171 e. The molecule has 27 heavy (non-hydrogen) atoms. The van der Waals surface area contributed by atoms with Crippen molar-refractivity contribution in [1.82, 2.24) is 5.32 Å². The average Bonchev–Trinajstić information content (AvgIpc) is 2.66. The number of rotatable bonds is 5. The molecule has 1 heterocycles. The third-order valence-corrected chi connectivity index (χ3v) is 5.87. The first-order chi connectivity index (χ1) is 13.0. The predicted molar refractivity (Wildman–Crippen MR) is 117 cm³/mol. The van der Waals surface area contributed by atoms with Crippen LogP contribution in [-0.4, -0.2) is 44.4 Å². The molecule has 4 N–H and O–H groups in total. The lowest BCUT2D eigenvalue weighted by Crippen LogP contribution is -3.27. The number of quaternary nitrogens is 2. The monoisotopic (exact) mass is 404 g/mol. The van der Waals surface area contributed by atoms with Gasteiger partial charge in [0, 0.05) is 5.56 Å². The Morgan fingerprint density at radius 3 is 2.30 bits per heavy atom. The molecular weight excluding hydrogens is 376 g/mol. The molecule has 6 heteroatoms. The van der Waals surface area contributed by atoms with Crippen LogP contribution in [0.25, 0.3) is 0 Å². The van der Waals surface area contributed by atoms with Crippen LogP contribution in [0.5, 0.6) is 0 Å². The van der Waals surface area contributed by atoms with E-state index >= 15 is 0 Å². The molecule has 2 atom stereocenters. The van der Waals surface area contributed by atoms with Gasteiger partial charge in [-0.05, 0) is 31.3 Å². The molecule has 0 saturated carbocycles. The summed E-state index contributed by atoms with van der Waals surface area (Å²) >= 11 is 11.8. The van der Waals surface area contributed by atoms with Crippen LogP contribution in [-0.2, 0) is 0 Å². The number of thiocarbonyl (C=S) groups is 1. The summed E-state index contributed by atoms with van der Waals surface area (Å²) in [4.78, 5) is 3.23. The van der Waals surface area contributed by atoms with Crippen molar-refractivity contribution >= 4 is 34.6 Å². The third kappa shape index (κ3) is 5.42. The Morgan fingerprint density at radius 2 is 1.63 bits per heavy atom. The van der Waals surface area contributed by atoms with Gasteiger partial charge in [-0.3, -0.25) is 0 Å². The number of hydrogen-bond donors (Lipinski definition) is 4. The van der Waals surface area contributed by atoms with Gasteiger partial charge in [0.25, 0.3) is 0 Å². The molecule has 0 bridgehead atoms. The molecule has 0 spiro atoms. The number of halogens is 1. The first-order valence-corrected chi connectivity index (χ1v) is 10.4. The van der Waals surface area contributed by atoms with Gasteiger partial charge < -0.3 is 20.4 Å². The summed E-state index contributed by atoms with van der Waals surface area (Å²) in [6.45, 7) is 6.96. The van der Waals surface area contributed by atoms with Crippen LogP contribution in [0.2, 0.25) is 5.02 Å². The van der Waals surface area contributed by atoms with E-state index in [4.69, 9.17) is 23.8 Å². The molecule has 1 fully saturated rings. The van der Waals surface area contributed by atoms with Crippen molar-refractivity contribution < 1.29 is 9.80 Å². The van der Waals surface area contributed by atoms with Crippen LogP contribution in [0.4, 0.5) is 5.69 Å². The Kier molecular flexibility index (Phi) is 7.07. The van der Waals surface area contributed by atoms with Crippen LogP contribution >= 0.6 is 23.8 Å². The zero-order valence-corrected chi connectivity index (χ0v) is 17.5. The summed E-state index contributed by atoms with van der Waals surface area (Å²) in [6, 6.07) is 19.0. The minimum absolute atomic E-state index is 0.197. The standard InChI is InChI=1S/C21H27ClN4S/c1-16(23-21(27)24-19-11-7-6-10-18(19)22)20(17-8-4-3-5-9-17)26-14-12-25(2)13-15-26/h3-11,16,20H,12-15H2,1-2H3,(H2,23,24,27)/p+2/t16-,20+/m1/s1. The summed E-state index contributed by atoms with van der Waals surface area (Å²) in [5.74, 6) is 0. The number of hydrogen-bond acceptors (Lipinski definition) is 1. The molecule has 0 unspecified atom stereocenters. The van der Waals surface area contributed by atoms with E-state index in [0.717, 1.165) is 5.69 Å². The number of piperazine rings is 1. The van der Waals surface area contributed by atoms with Crippen LogP contribution in [0, 0.1) is 0 Å². The van der Waals surface area contributed by atoms with Crippen molar-refractivity contribution in [2.75, 3.05) is 38.5 Å². The summed E-state index contributed by atoms with van der Waals surface area (Å²) in [5.41, 5.74) is 2.18. The Hall–Kier alpha value is -1.66. The van der Waals surface area contributed by atoms with Gasteiger partial charge in [0.2, 0.25) is 0 Å². The minimum Gasteiger partial charge on any atom is -0.354 e. The van der Waals surface area contributed by atoms with E-state index in [1.165, 1.54) is 31.7 Å².